The fourth-order valence-corrected chi connectivity index (χ4v) is 4.43. The summed E-state index contributed by atoms with van der Waals surface area (Å²) in [7, 11) is 0. The Labute approximate surface area is 200 Å². The van der Waals surface area contributed by atoms with E-state index in [1.54, 1.807) is 25.1 Å². The standard InChI is InChI=1S/C24H21Cl2NO4S/c1-3-30-16-10-8-15(9-11-16)18-14-32-23(22(18)24(29)31-4-2)27-21(28)13-12-17-19(25)6-5-7-20(17)26/h5-14H,3-4H2,1-2H3,(H,27,28)/b13-12+. The van der Waals surface area contributed by atoms with Crippen molar-refractivity contribution in [3.8, 4) is 16.9 Å². The molecule has 1 N–H and O–H groups in total. The largest absolute Gasteiger partial charge is 0.494 e. The molecule has 0 saturated carbocycles. The molecule has 0 spiro atoms. The zero-order chi connectivity index (χ0) is 23.1. The van der Waals surface area contributed by atoms with Crippen molar-refractivity contribution >= 4 is 57.5 Å². The van der Waals surface area contributed by atoms with Crippen molar-refractivity contribution in [3.63, 3.8) is 0 Å². The number of halogens is 2. The average molecular weight is 490 g/mol. The summed E-state index contributed by atoms with van der Waals surface area (Å²) in [5.41, 5.74) is 2.33. The molecule has 0 unspecified atom stereocenters. The van der Waals surface area contributed by atoms with Crippen LogP contribution in [-0.4, -0.2) is 25.1 Å². The van der Waals surface area contributed by atoms with Crippen molar-refractivity contribution in [3.05, 3.63) is 75.1 Å². The number of nitrogens with one attached hydrogen (secondary N) is 1. The topological polar surface area (TPSA) is 64.6 Å². The van der Waals surface area contributed by atoms with Gasteiger partial charge in [0, 0.05) is 32.6 Å². The normalized spacial score (nSPS) is 10.9. The van der Waals surface area contributed by atoms with E-state index in [1.165, 1.54) is 23.5 Å². The lowest BCUT2D eigenvalue weighted by Crippen LogP contribution is -2.12. The number of anilines is 1. The van der Waals surface area contributed by atoms with Crippen LogP contribution in [0.15, 0.2) is 53.9 Å². The van der Waals surface area contributed by atoms with Crippen LogP contribution < -0.4 is 10.1 Å². The molecule has 2 aromatic carbocycles. The van der Waals surface area contributed by atoms with Crippen LogP contribution in [0.4, 0.5) is 5.00 Å². The molecule has 3 aromatic rings. The quantitative estimate of drug-likeness (QED) is 0.274. The lowest BCUT2D eigenvalue weighted by Gasteiger charge is -2.09. The summed E-state index contributed by atoms with van der Waals surface area (Å²) in [6.45, 7) is 4.43. The summed E-state index contributed by atoms with van der Waals surface area (Å²) >= 11 is 13.5. The third kappa shape index (κ3) is 5.71. The van der Waals surface area contributed by atoms with Gasteiger partial charge in [-0.15, -0.1) is 11.3 Å². The van der Waals surface area contributed by atoms with Crippen LogP contribution >= 0.6 is 34.5 Å². The zero-order valence-electron chi connectivity index (χ0n) is 17.5. The first-order chi connectivity index (χ1) is 15.4. The number of esters is 1. The van der Waals surface area contributed by atoms with Crippen LogP contribution in [0.5, 0.6) is 5.75 Å². The molecule has 0 fully saturated rings. The number of amides is 1. The van der Waals surface area contributed by atoms with Gasteiger partial charge in [-0.05, 0) is 49.8 Å². The summed E-state index contributed by atoms with van der Waals surface area (Å²) in [6.07, 6.45) is 2.85. The van der Waals surface area contributed by atoms with E-state index >= 15 is 0 Å². The van der Waals surface area contributed by atoms with Crippen molar-refractivity contribution in [2.24, 2.45) is 0 Å². The van der Waals surface area contributed by atoms with Crippen molar-refractivity contribution in [2.75, 3.05) is 18.5 Å². The summed E-state index contributed by atoms with van der Waals surface area (Å²) in [5.74, 6) is -0.196. The maximum atomic E-state index is 12.7. The number of thiophene rings is 1. The predicted octanol–water partition coefficient (Wildman–Crippen LogP) is 6.95. The third-order valence-corrected chi connectivity index (χ3v) is 5.94. The molecular formula is C24H21Cl2NO4S. The Morgan fingerprint density at radius 1 is 1.03 bits per heavy atom. The van der Waals surface area contributed by atoms with Crippen molar-refractivity contribution in [1.29, 1.82) is 0 Å². The molecule has 0 saturated heterocycles. The number of carbonyl (C=O) groups is 2. The average Bonchev–Trinajstić information content (AvgIpc) is 3.18. The van der Waals surface area contributed by atoms with E-state index in [2.05, 4.69) is 5.32 Å². The van der Waals surface area contributed by atoms with Crippen LogP contribution in [0.3, 0.4) is 0 Å². The van der Waals surface area contributed by atoms with E-state index in [-0.39, 0.29) is 6.61 Å². The van der Waals surface area contributed by atoms with E-state index < -0.39 is 11.9 Å². The molecular weight excluding hydrogens is 469 g/mol. The van der Waals surface area contributed by atoms with Gasteiger partial charge in [0.1, 0.15) is 16.3 Å². The van der Waals surface area contributed by atoms with Gasteiger partial charge in [0.05, 0.1) is 13.2 Å². The van der Waals surface area contributed by atoms with Gasteiger partial charge in [-0.25, -0.2) is 4.79 Å². The molecule has 166 valence electrons. The van der Waals surface area contributed by atoms with Crippen LogP contribution in [0.2, 0.25) is 10.0 Å². The fraction of sp³-hybridized carbons (Fsp3) is 0.167. The highest BCUT2D eigenvalue weighted by molar-refractivity contribution is 7.15. The molecule has 0 aliphatic carbocycles. The molecule has 1 amide bonds. The lowest BCUT2D eigenvalue weighted by atomic mass is 10.0. The van der Waals surface area contributed by atoms with E-state index in [1.807, 2.05) is 36.6 Å². The molecule has 8 heteroatoms. The lowest BCUT2D eigenvalue weighted by molar-refractivity contribution is -0.111. The molecule has 0 aliphatic heterocycles. The van der Waals surface area contributed by atoms with E-state index in [0.29, 0.717) is 38.3 Å². The minimum atomic E-state index is -0.508. The Balaban J connectivity index is 1.88. The maximum Gasteiger partial charge on any atom is 0.341 e. The second-order valence-corrected chi connectivity index (χ2v) is 8.18. The first kappa shape index (κ1) is 23.9. The first-order valence-electron chi connectivity index (χ1n) is 9.89. The number of carbonyl (C=O) groups excluding carboxylic acids is 2. The van der Waals surface area contributed by atoms with E-state index in [9.17, 15) is 9.59 Å². The van der Waals surface area contributed by atoms with Gasteiger partial charge in [-0.2, -0.15) is 0 Å². The first-order valence-corrected chi connectivity index (χ1v) is 11.5. The van der Waals surface area contributed by atoms with Gasteiger partial charge in [-0.1, -0.05) is 41.4 Å². The molecule has 0 bridgehead atoms. The van der Waals surface area contributed by atoms with Crippen molar-refractivity contribution < 1.29 is 19.1 Å². The Morgan fingerprint density at radius 2 is 1.72 bits per heavy atom. The van der Waals surface area contributed by atoms with Crippen LogP contribution in [0.25, 0.3) is 17.2 Å². The third-order valence-electron chi connectivity index (χ3n) is 4.38. The molecule has 0 atom stereocenters. The smallest absolute Gasteiger partial charge is 0.341 e. The van der Waals surface area contributed by atoms with Crippen LogP contribution in [0.1, 0.15) is 29.8 Å². The predicted molar refractivity (Wildman–Crippen MR) is 131 cm³/mol. The molecule has 1 heterocycles. The minimum absolute atomic E-state index is 0.218. The highest BCUT2D eigenvalue weighted by Gasteiger charge is 2.22. The SMILES string of the molecule is CCOC(=O)c1c(-c2ccc(OCC)cc2)csc1NC(=O)/C=C/c1c(Cl)cccc1Cl. The molecule has 0 aliphatic rings. The molecule has 5 nitrogen and oxygen atoms in total. The Kier molecular flexibility index (Phi) is 8.33. The molecule has 1 aromatic heterocycles. The Hall–Kier alpha value is -2.80. The number of hydrogen-bond donors (Lipinski definition) is 1. The van der Waals surface area contributed by atoms with Gasteiger partial charge < -0.3 is 14.8 Å². The number of rotatable bonds is 8. The molecule has 32 heavy (non-hydrogen) atoms. The molecule has 0 radical (unpaired) electrons. The molecule has 3 rings (SSSR count). The van der Waals surface area contributed by atoms with Crippen LogP contribution in [0, 0.1) is 0 Å². The Morgan fingerprint density at radius 3 is 2.34 bits per heavy atom. The van der Waals surface area contributed by atoms with Gasteiger partial charge >= 0.3 is 5.97 Å². The number of benzene rings is 2. The van der Waals surface area contributed by atoms with Gasteiger partial charge in [0.25, 0.3) is 0 Å². The van der Waals surface area contributed by atoms with E-state index in [0.717, 1.165) is 11.3 Å². The fourth-order valence-electron chi connectivity index (χ4n) is 2.95. The summed E-state index contributed by atoms with van der Waals surface area (Å²) < 4.78 is 10.7. The minimum Gasteiger partial charge on any atom is -0.494 e. The van der Waals surface area contributed by atoms with E-state index in [4.69, 9.17) is 32.7 Å². The van der Waals surface area contributed by atoms with Gasteiger partial charge in [0.15, 0.2) is 0 Å². The summed E-state index contributed by atoms with van der Waals surface area (Å²) in [6, 6.07) is 12.5. The van der Waals surface area contributed by atoms with Gasteiger partial charge in [0.2, 0.25) is 5.91 Å². The van der Waals surface area contributed by atoms with Gasteiger partial charge in [-0.3, -0.25) is 4.79 Å². The maximum absolute atomic E-state index is 12.7. The highest BCUT2D eigenvalue weighted by Crippen LogP contribution is 2.37. The van der Waals surface area contributed by atoms with Crippen molar-refractivity contribution in [1.82, 2.24) is 0 Å². The number of hydrogen-bond acceptors (Lipinski definition) is 5. The highest BCUT2D eigenvalue weighted by atomic mass is 35.5. The summed E-state index contributed by atoms with van der Waals surface area (Å²) in [4.78, 5) is 25.3. The monoisotopic (exact) mass is 489 g/mol. The zero-order valence-corrected chi connectivity index (χ0v) is 19.8. The van der Waals surface area contributed by atoms with Crippen LogP contribution in [-0.2, 0) is 9.53 Å². The second-order valence-electron chi connectivity index (χ2n) is 6.49. The Bertz CT molecular complexity index is 1120. The summed E-state index contributed by atoms with van der Waals surface area (Å²) in [5, 5.41) is 5.84. The number of ether oxygens (including phenoxy) is 2. The van der Waals surface area contributed by atoms with Crippen molar-refractivity contribution in [2.45, 2.75) is 13.8 Å². The second kappa shape index (κ2) is 11.2.